The highest BCUT2D eigenvalue weighted by atomic mass is 16.6. The van der Waals surface area contributed by atoms with Crippen molar-refractivity contribution in [2.24, 2.45) is 5.92 Å². The number of carbonyl (C=O) groups is 2. The Hall–Kier alpha value is -2.90. The zero-order valence-corrected chi connectivity index (χ0v) is 14.8. The van der Waals surface area contributed by atoms with Crippen LogP contribution in [0.25, 0.3) is 0 Å². The molecule has 0 fully saturated rings. The van der Waals surface area contributed by atoms with Crippen LogP contribution in [0.5, 0.6) is 0 Å². The summed E-state index contributed by atoms with van der Waals surface area (Å²) in [6.07, 6.45) is 5.16. The van der Waals surface area contributed by atoms with Gasteiger partial charge in [0.25, 0.3) is 5.69 Å². The molecule has 0 saturated heterocycles. The van der Waals surface area contributed by atoms with Crippen LogP contribution < -0.4 is 4.90 Å². The maximum absolute atomic E-state index is 12.7. The number of anilines is 1. The molecule has 0 radical (unpaired) electrons. The number of nitro benzene ring substituents is 1. The largest absolute Gasteiger partial charge is 0.469 e. The summed E-state index contributed by atoms with van der Waals surface area (Å²) in [6.45, 7) is 1.49. The SMILES string of the molecule is COC(=O)C(C)CN(C(=O)OC1C=CCCC1)c1ccccc1[N+](=O)[O-]. The van der Waals surface area contributed by atoms with Gasteiger partial charge in [0.05, 0.1) is 18.0 Å². The van der Waals surface area contributed by atoms with Crippen LogP contribution in [0, 0.1) is 16.0 Å². The maximum Gasteiger partial charge on any atom is 0.415 e. The average Bonchev–Trinajstić information content (AvgIpc) is 2.65. The molecule has 1 aliphatic rings. The fourth-order valence-corrected chi connectivity index (χ4v) is 2.74. The third kappa shape index (κ3) is 4.81. The van der Waals surface area contributed by atoms with E-state index in [0.717, 1.165) is 17.7 Å². The minimum Gasteiger partial charge on any atom is -0.469 e. The van der Waals surface area contributed by atoms with E-state index in [1.165, 1.54) is 25.3 Å². The summed E-state index contributed by atoms with van der Waals surface area (Å²) in [4.78, 5) is 36.4. The summed E-state index contributed by atoms with van der Waals surface area (Å²) in [5.74, 6) is -1.19. The topological polar surface area (TPSA) is 99.0 Å². The van der Waals surface area contributed by atoms with Gasteiger partial charge < -0.3 is 9.47 Å². The van der Waals surface area contributed by atoms with Crippen LogP contribution in [0.3, 0.4) is 0 Å². The lowest BCUT2D eigenvalue weighted by Gasteiger charge is -2.26. The molecule has 2 atom stereocenters. The average molecular weight is 362 g/mol. The molecule has 2 rings (SSSR count). The second kappa shape index (κ2) is 8.98. The van der Waals surface area contributed by atoms with Crippen LogP contribution in [0.4, 0.5) is 16.2 Å². The molecule has 1 amide bonds. The summed E-state index contributed by atoms with van der Waals surface area (Å²) in [5, 5.41) is 11.3. The predicted molar refractivity (Wildman–Crippen MR) is 94.9 cm³/mol. The van der Waals surface area contributed by atoms with E-state index in [0.29, 0.717) is 6.42 Å². The first-order valence-electron chi connectivity index (χ1n) is 8.40. The third-order valence-electron chi connectivity index (χ3n) is 4.11. The normalized spacial score (nSPS) is 17.2. The van der Waals surface area contributed by atoms with Crippen molar-refractivity contribution < 1.29 is 24.0 Å². The lowest BCUT2D eigenvalue weighted by Crippen LogP contribution is -2.39. The van der Waals surface area contributed by atoms with Crippen molar-refractivity contribution in [1.29, 1.82) is 0 Å². The minimum absolute atomic E-state index is 0.0815. The van der Waals surface area contributed by atoms with E-state index < -0.39 is 22.9 Å². The Morgan fingerprint density at radius 3 is 2.73 bits per heavy atom. The highest BCUT2D eigenvalue weighted by molar-refractivity contribution is 5.91. The first kappa shape index (κ1) is 19.4. The van der Waals surface area contributed by atoms with Gasteiger partial charge in [0.1, 0.15) is 11.8 Å². The van der Waals surface area contributed by atoms with Crippen molar-refractivity contribution in [2.75, 3.05) is 18.6 Å². The number of nitrogens with zero attached hydrogens (tertiary/aromatic N) is 2. The van der Waals surface area contributed by atoms with E-state index in [2.05, 4.69) is 0 Å². The van der Waals surface area contributed by atoms with Gasteiger partial charge in [-0.3, -0.25) is 19.8 Å². The van der Waals surface area contributed by atoms with Crippen LogP contribution in [-0.2, 0) is 14.3 Å². The molecule has 8 heteroatoms. The quantitative estimate of drug-likeness (QED) is 0.333. The number of amides is 1. The molecule has 0 aromatic heterocycles. The van der Waals surface area contributed by atoms with Gasteiger partial charge in [-0.1, -0.05) is 25.1 Å². The molecule has 140 valence electrons. The Balaban J connectivity index is 2.30. The third-order valence-corrected chi connectivity index (χ3v) is 4.11. The van der Waals surface area contributed by atoms with Gasteiger partial charge in [-0.15, -0.1) is 0 Å². The number of allylic oxidation sites excluding steroid dienone is 1. The minimum atomic E-state index is -0.730. The molecular formula is C18H22N2O6. The van der Waals surface area contributed by atoms with Crippen molar-refractivity contribution >= 4 is 23.4 Å². The summed E-state index contributed by atoms with van der Waals surface area (Å²) >= 11 is 0. The molecule has 1 aromatic rings. The Morgan fingerprint density at radius 1 is 1.38 bits per heavy atom. The molecule has 1 aromatic carbocycles. The molecule has 1 aliphatic carbocycles. The number of nitro groups is 1. The number of rotatable bonds is 6. The molecular weight excluding hydrogens is 340 g/mol. The van der Waals surface area contributed by atoms with E-state index in [4.69, 9.17) is 9.47 Å². The Labute approximate surface area is 151 Å². The number of ether oxygens (including phenoxy) is 2. The first-order chi connectivity index (χ1) is 12.4. The summed E-state index contributed by atoms with van der Waals surface area (Å²) < 4.78 is 10.2. The summed E-state index contributed by atoms with van der Waals surface area (Å²) in [7, 11) is 1.25. The van der Waals surface area contributed by atoms with Gasteiger partial charge in [0, 0.05) is 12.6 Å². The Morgan fingerprint density at radius 2 is 2.12 bits per heavy atom. The van der Waals surface area contributed by atoms with Gasteiger partial charge in [0.2, 0.25) is 0 Å². The van der Waals surface area contributed by atoms with Gasteiger partial charge in [-0.25, -0.2) is 4.79 Å². The van der Waals surface area contributed by atoms with Gasteiger partial charge in [-0.05, 0) is 31.4 Å². The number of carbonyl (C=O) groups excluding carboxylic acids is 2. The molecule has 2 unspecified atom stereocenters. The monoisotopic (exact) mass is 362 g/mol. The lowest BCUT2D eigenvalue weighted by molar-refractivity contribution is -0.384. The van der Waals surface area contributed by atoms with Crippen LogP contribution >= 0.6 is 0 Å². The van der Waals surface area contributed by atoms with Crippen LogP contribution in [0.15, 0.2) is 36.4 Å². The zero-order chi connectivity index (χ0) is 19.1. The van der Waals surface area contributed by atoms with Crippen molar-refractivity contribution in [2.45, 2.75) is 32.3 Å². The van der Waals surface area contributed by atoms with Gasteiger partial charge in [0.15, 0.2) is 0 Å². The zero-order valence-electron chi connectivity index (χ0n) is 14.8. The molecule has 0 aliphatic heterocycles. The summed E-state index contributed by atoms with van der Waals surface area (Å²) in [6, 6.07) is 5.86. The highest BCUT2D eigenvalue weighted by Gasteiger charge is 2.30. The predicted octanol–water partition coefficient (Wildman–Crippen LogP) is 3.46. The molecule has 8 nitrogen and oxygen atoms in total. The standard InChI is InChI=1S/C18H22N2O6/c1-13(17(21)25-2)12-19(15-10-6-7-11-16(15)20(23)24)18(22)26-14-8-4-3-5-9-14/h4,6-8,10-11,13-14H,3,5,9,12H2,1-2H3. The van der Waals surface area contributed by atoms with E-state index >= 15 is 0 Å². The first-order valence-corrected chi connectivity index (χ1v) is 8.40. The maximum atomic E-state index is 12.7. The second-order valence-corrected chi connectivity index (χ2v) is 6.06. The fourth-order valence-electron chi connectivity index (χ4n) is 2.74. The summed E-state index contributed by atoms with van der Waals surface area (Å²) in [5.41, 5.74) is -0.154. The van der Waals surface area contributed by atoms with Crippen molar-refractivity contribution in [3.05, 3.63) is 46.5 Å². The Kier molecular flexibility index (Phi) is 6.71. The van der Waals surface area contributed by atoms with Crippen LogP contribution in [0.1, 0.15) is 26.2 Å². The molecule has 0 heterocycles. The molecule has 26 heavy (non-hydrogen) atoms. The molecule has 0 bridgehead atoms. The molecule has 0 saturated carbocycles. The van der Waals surface area contributed by atoms with E-state index in [9.17, 15) is 19.7 Å². The van der Waals surface area contributed by atoms with Crippen LogP contribution in [-0.4, -0.2) is 36.7 Å². The van der Waals surface area contributed by atoms with Crippen molar-refractivity contribution in [3.8, 4) is 0 Å². The number of hydrogen-bond acceptors (Lipinski definition) is 6. The number of benzene rings is 1. The smallest absolute Gasteiger partial charge is 0.415 e. The molecule has 0 spiro atoms. The number of esters is 1. The second-order valence-electron chi connectivity index (χ2n) is 6.06. The van der Waals surface area contributed by atoms with Crippen molar-refractivity contribution in [1.82, 2.24) is 0 Å². The van der Waals surface area contributed by atoms with Crippen molar-refractivity contribution in [3.63, 3.8) is 0 Å². The fraction of sp³-hybridized carbons (Fsp3) is 0.444. The number of para-hydroxylation sites is 2. The Bertz CT molecular complexity index is 703. The van der Waals surface area contributed by atoms with E-state index in [1.54, 1.807) is 13.0 Å². The van der Waals surface area contributed by atoms with Gasteiger partial charge in [-0.2, -0.15) is 0 Å². The van der Waals surface area contributed by atoms with Gasteiger partial charge >= 0.3 is 12.1 Å². The number of hydrogen-bond donors (Lipinski definition) is 0. The molecule has 0 N–H and O–H groups in total. The lowest BCUT2D eigenvalue weighted by atomic mass is 10.1. The number of methoxy groups -OCH3 is 1. The van der Waals surface area contributed by atoms with E-state index in [-0.39, 0.29) is 24.0 Å². The van der Waals surface area contributed by atoms with E-state index in [1.807, 2.05) is 12.2 Å². The van der Waals surface area contributed by atoms with Crippen LogP contribution in [0.2, 0.25) is 0 Å². The highest BCUT2D eigenvalue weighted by Crippen LogP contribution is 2.29.